The highest BCUT2D eigenvalue weighted by molar-refractivity contribution is 7.99. The Bertz CT molecular complexity index is 649. The third-order valence-corrected chi connectivity index (χ3v) is 3.65. The zero-order chi connectivity index (χ0) is 15.2. The van der Waals surface area contributed by atoms with Gasteiger partial charge in [-0.25, -0.2) is 8.78 Å². The van der Waals surface area contributed by atoms with Gasteiger partial charge in [0.25, 0.3) is 0 Å². The van der Waals surface area contributed by atoms with Gasteiger partial charge in [-0.15, -0.1) is 11.8 Å². The fraction of sp³-hybridized carbons (Fsp3) is 0.133. The Labute approximate surface area is 125 Å². The second-order valence-electron chi connectivity index (χ2n) is 4.34. The van der Waals surface area contributed by atoms with Crippen molar-refractivity contribution >= 4 is 29.0 Å². The molecule has 0 saturated carbocycles. The molecule has 2 aromatic rings. The van der Waals surface area contributed by atoms with Crippen molar-refractivity contribution in [2.45, 2.75) is 11.3 Å². The van der Waals surface area contributed by atoms with E-state index in [-0.39, 0.29) is 23.8 Å². The molecule has 0 aromatic heterocycles. The minimum Gasteiger partial charge on any atom is -0.399 e. The van der Waals surface area contributed by atoms with Crippen LogP contribution in [0.3, 0.4) is 0 Å². The summed E-state index contributed by atoms with van der Waals surface area (Å²) in [5, 5.41) is 2.47. The first-order valence-electron chi connectivity index (χ1n) is 6.28. The van der Waals surface area contributed by atoms with E-state index in [2.05, 4.69) is 5.32 Å². The molecule has 3 N–H and O–H groups in total. The first-order valence-corrected chi connectivity index (χ1v) is 7.26. The minimum atomic E-state index is -0.532. The van der Waals surface area contributed by atoms with Gasteiger partial charge in [0.1, 0.15) is 11.6 Å². The van der Waals surface area contributed by atoms with Crippen LogP contribution in [0, 0.1) is 11.6 Å². The van der Waals surface area contributed by atoms with E-state index in [1.165, 1.54) is 42.1 Å². The number of benzene rings is 2. The Hall–Kier alpha value is -2.08. The lowest BCUT2D eigenvalue weighted by Gasteiger charge is -2.07. The van der Waals surface area contributed by atoms with E-state index >= 15 is 0 Å². The van der Waals surface area contributed by atoms with E-state index in [1.54, 1.807) is 12.1 Å². The third-order valence-electron chi connectivity index (χ3n) is 2.66. The topological polar surface area (TPSA) is 55.1 Å². The summed E-state index contributed by atoms with van der Waals surface area (Å²) >= 11 is 1.36. The second kappa shape index (κ2) is 7.08. The first-order chi connectivity index (χ1) is 10.0. The number of hydrogen-bond acceptors (Lipinski definition) is 3. The number of nitrogen functional groups attached to an aromatic ring is 1. The SMILES string of the molecule is Nc1ccc(F)c(NC(=O)CCSc2cccc(F)c2)c1. The zero-order valence-corrected chi connectivity index (χ0v) is 11.9. The van der Waals surface area contributed by atoms with Crippen LogP contribution in [0.1, 0.15) is 6.42 Å². The maximum atomic E-state index is 13.4. The van der Waals surface area contributed by atoms with Crippen molar-refractivity contribution in [1.29, 1.82) is 0 Å². The average molecular weight is 308 g/mol. The molecule has 2 aromatic carbocycles. The molecule has 2 rings (SSSR count). The average Bonchev–Trinajstić information content (AvgIpc) is 2.43. The predicted octanol–water partition coefficient (Wildman–Crippen LogP) is 3.67. The largest absolute Gasteiger partial charge is 0.399 e. The lowest BCUT2D eigenvalue weighted by atomic mass is 10.2. The first kappa shape index (κ1) is 15.3. The second-order valence-corrected chi connectivity index (χ2v) is 5.51. The van der Waals surface area contributed by atoms with Crippen molar-refractivity contribution in [3.63, 3.8) is 0 Å². The summed E-state index contributed by atoms with van der Waals surface area (Å²) in [6.07, 6.45) is 0.190. The number of thioether (sulfide) groups is 1. The molecule has 0 aliphatic heterocycles. The molecule has 0 unspecified atom stereocenters. The van der Waals surface area contributed by atoms with Crippen molar-refractivity contribution in [1.82, 2.24) is 0 Å². The number of nitrogens with two attached hydrogens (primary N) is 1. The van der Waals surface area contributed by atoms with Crippen LogP contribution in [0.5, 0.6) is 0 Å². The van der Waals surface area contributed by atoms with Crippen molar-refractivity contribution in [3.05, 3.63) is 54.1 Å². The van der Waals surface area contributed by atoms with Crippen molar-refractivity contribution in [2.75, 3.05) is 16.8 Å². The Kier molecular flexibility index (Phi) is 5.16. The molecular weight excluding hydrogens is 294 g/mol. The minimum absolute atomic E-state index is 0.0655. The molecule has 0 atom stereocenters. The number of hydrogen-bond donors (Lipinski definition) is 2. The van der Waals surface area contributed by atoms with Crippen LogP contribution in [-0.2, 0) is 4.79 Å². The highest BCUT2D eigenvalue weighted by Crippen LogP contribution is 2.21. The lowest BCUT2D eigenvalue weighted by molar-refractivity contribution is -0.115. The van der Waals surface area contributed by atoms with E-state index in [4.69, 9.17) is 5.73 Å². The smallest absolute Gasteiger partial charge is 0.225 e. The van der Waals surface area contributed by atoms with Gasteiger partial charge in [0.05, 0.1) is 5.69 Å². The van der Waals surface area contributed by atoms with E-state index in [0.29, 0.717) is 11.4 Å². The van der Waals surface area contributed by atoms with E-state index in [1.807, 2.05) is 0 Å². The number of halogens is 2. The number of rotatable bonds is 5. The predicted molar refractivity (Wildman–Crippen MR) is 81.2 cm³/mol. The normalized spacial score (nSPS) is 10.4. The summed E-state index contributed by atoms with van der Waals surface area (Å²) in [5.74, 6) is -0.691. The number of nitrogens with one attached hydrogen (secondary N) is 1. The standard InChI is InChI=1S/C15H14F2N2OS/c16-10-2-1-3-12(8-10)21-7-6-15(20)19-14-9-11(18)4-5-13(14)17/h1-5,8-9H,6-7,18H2,(H,19,20). The van der Waals surface area contributed by atoms with Crippen molar-refractivity contribution in [3.8, 4) is 0 Å². The molecule has 0 spiro atoms. The summed E-state index contributed by atoms with van der Waals surface area (Å²) in [7, 11) is 0. The van der Waals surface area contributed by atoms with Crippen LogP contribution in [0.2, 0.25) is 0 Å². The van der Waals surface area contributed by atoms with Crippen LogP contribution in [-0.4, -0.2) is 11.7 Å². The van der Waals surface area contributed by atoms with Crippen LogP contribution in [0.15, 0.2) is 47.4 Å². The fourth-order valence-corrected chi connectivity index (χ4v) is 2.56. The quantitative estimate of drug-likeness (QED) is 0.654. The molecule has 0 heterocycles. The summed E-state index contributed by atoms with van der Waals surface area (Å²) in [6, 6.07) is 10.1. The van der Waals surface area contributed by atoms with Gasteiger partial charge in [0.15, 0.2) is 0 Å². The van der Waals surface area contributed by atoms with Gasteiger partial charge in [0.2, 0.25) is 5.91 Å². The Morgan fingerprint density at radius 2 is 2.00 bits per heavy atom. The molecule has 0 saturated heterocycles. The number of amides is 1. The molecule has 0 aliphatic rings. The van der Waals surface area contributed by atoms with Gasteiger partial charge in [-0.05, 0) is 36.4 Å². The number of carbonyl (C=O) groups is 1. The van der Waals surface area contributed by atoms with Crippen molar-refractivity contribution in [2.24, 2.45) is 0 Å². The molecule has 0 fully saturated rings. The molecule has 0 aliphatic carbocycles. The summed E-state index contributed by atoms with van der Waals surface area (Å²) in [6.45, 7) is 0. The van der Waals surface area contributed by atoms with Crippen LogP contribution >= 0.6 is 11.8 Å². The van der Waals surface area contributed by atoms with Gasteiger partial charge in [0, 0.05) is 22.8 Å². The Morgan fingerprint density at radius 3 is 2.76 bits per heavy atom. The molecule has 0 radical (unpaired) electrons. The fourth-order valence-electron chi connectivity index (χ4n) is 1.67. The molecule has 6 heteroatoms. The van der Waals surface area contributed by atoms with E-state index in [9.17, 15) is 13.6 Å². The van der Waals surface area contributed by atoms with Gasteiger partial charge >= 0.3 is 0 Å². The summed E-state index contributed by atoms with van der Waals surface area (Å²) in [4.78, 5) is 12.5. The molecular formula is C15H14F2N2OS. The molecule has 0 bridgehead atoms. The van der Waals surface area contributed by atoms with Gasteiger partial charge < -0.3 is 11.1 Å². The van der Waals surface area contributed by atoms with Gasteiger partial charge in [-0.1, -0.05) is 6.07 Å². The highest BCUT2D eigenvalue weighted by Gasteiger charge is 2.07. The summed E-state index contributed by atoms with van der Waals surface area (Å²) in [5.41, 5.74) is 5.98. The maximum absolute atomic E-state index is 13.4. The molecule has 1 amide bonds. The van der Waals surface area contributed by atoms with E-state index in [0.717, 1.165) is 4.90 Å². The molecule has 21 heavy (non-hydrogen) atoms. The maximum Gasteiger partial charge on any atom is 0.225 e. The van der Waals surface area contributed by atoms with Crippen LogP contribution < -0.4 is 11.1 Å². The monoisotopic (exact) mass is 308 g/mol. The number of anilines is 2. The van der Waals surface area contributed by atoms with Crippen LogP contribution in [0.25, 0.3) is 0 Å². The number of carbonyl (C=O) groups excluding carboxylic acids is 1. The van der Waals surface area contributed by atoms with Crippen molar-refractivity contribution < 1.29 is 13.6 Å². The Balaban J connectivity index is 1.84. The molecule has 110 valence electrons. The van der Waals surface area contributed by atoms with Gasteiger partial charge in [-0.2, -0.15) is 0 Å². The Morgan fingerprint density at radius 1 is 1.19 bits per heavy atom. The van der Waals surface area contributed by atoms with Crippen LogP contribution in [0.4, 0.5) is 20.2 Å². The summed E-state index contributed by atoms with van der Waals surface area (Å²) < 4.78 is 26.4. The lowest BCUT2D eigenvalue weighted by Crippen LogP contribution is -2.13. The third kappa shape index (κ3) is 4.75. The zero-order valence-electron chi connectivity index (χ0n) is 11.1. The van der Waals surface area contributed by atoms with Gasteiger partial charge in [-0.3, -0.25) is 4.79 Å². The highest BCUT2D eigenvalue weighted by atomic mass is 32.2. The molecule has 3 nitrogen and oxygen atoms in total. The van der Waals surface area contributed by atoms with E-state index < -0.39 is 5.82 Å².